The van der Waals surface area contributed by atoms with Crippen LogP contribution in [0.2, 0.25) is 0 Å². The number of hydrogen-bond donors (Lipinski definition) is 2. The second-order valence-electron chi connectivity index (χ2n) is 5.41. The van der Waals surface area contributed by atoms with Gasteiger partial charge in [0.05, 0.1) is 0 Å². The van der Waals surface area contributed by atoms with Crippen LogP contribution in [0.1, 0.15) is 43.7 Å². The van der Waals surface area contributed by atoms with Crippen LogP contribution < -0.4 is 10.6 Å². The number of hydrogen-bond acceptors (Lipinski definition) is 2. The molecule has 1 heterocycles. The van der Waals surface area contributed by atoms with Crippen molar-refractivity contribution >= 4 is 5.69 Å². The van der Waals surface area contributed by atoms with Crippen molar-refractivity contribution in [2.75, 3.05) is 18.4 Å². The molecule has 0 radical (unpaired) electrons. The largest absolute Gasteiger partial charge is 0.382 e. The third-order valence-corrected chi connectivity index (χ3v) is 3.86. The quantitative estimate of drug-likeness (QED) is 0.831. The van der Waals surface area contributed by atoms with Gasteiger partial charge in [0.1, 0.15) is 0 Å². The molecule has 1 aliphatic rings. The maximum absolute atomic E-state index is 3.68. The molecule has 0 bridgehead atoms. The predicted octanol–water partition coefficient (Wildman–Crippen LogP) is 3.50. The van der Waals surface area contributed by atoms with Crippen molar-refractivity contribution in [1.82, 2.24) is 5.32 Å². The molecule has 0 aliphatic carbocycles. The van der Waals surface area contributed by atoms with Crippen LogP contribution in [-0.2, 0) is 6.42 Å². The molecule has 0 spiro atoms. The minimum absolute atomic E-state index is 0.646. The summed E-state index contributed by atoms with van der Waals surface area (Å²) in [6.45, 7) is 6.77. The zero-order chi connectivity index (χ0) is 12.8. The number of piperidine rings is 1. The van der Waals surface area contributed by atoms with E-state index in [-0.39, 0.29) is 0 Å². The Bertz CT molecular complexity index is 367. The first-order valence-corrected chi connectivity index (χ1v) is 7.36. The highest BCUT2D eigenvalue weighted by Gasteiger charge is 2.12. The van der Waals surface area contributed by atoms with Gasteiger partial charge in [-0.1, -0.05) is 19.4 Å². The van der Waals surface area contributed by atoms with Crippen LogP contribution in [0, 0.1) is 6.92 Å². The van der Waals surface area contributed by atoms with Crippen molar-refractivity contribution in [1.29, 1.82) is 0 Å². The lowest BCUT2D eigenvalue weighted by atomic mass is 10.0. The molecule has 2 N–H and O–H groups in total. The van der Waals surface area contributed by atoms with Crippen LogP contribution >= 0.6 is 0 Å². The van der Waals surface area contributed by atoms with Crippen molar-refractivity contribution < 1.29 is 0 Å². The topological polar surface area (TPSA) is 24.1 Å². The van der Waals surface area contributed by atoms with Crippen molar-refractivity contribution in [3.8, 4) is 0 Å². The molecule has 2 nitrogen and oxygen atoms in total. The molecule has 0 atom stereocenters. The Balaban J connectivity index is 1.99. The highest BCUT2D eigenvalue weighted by Crippen LogP contribution is 2.19. The summed E-state index contributed by atoms with van der Waals surface area (Å²) in [6, 6.07) is 7.49. The summed E-state index contributed by atoms with van der Waals surface area (Å²) < 4.78 is 0. The van der Waals surface area contributed by atoms with Gasteiger partial charge in [0.2, 0.25) is 0 Å². The molecular weight excluding hydrogens is 220 g/mol. The SMILES string of the molecule is CCCCc1cc(NC2CCNCC2)ccc1C. The third kappa shape index (κ3) is 3.74. The molecule has 1 aromatic carbocycles. The zero-order valence-electron chi connectivity index (χ0n) is 11.8. The predicted molar refractivity (Wildman–Crippen MR) is 79.3 cm³/mol. The van der Waals surface area contributed by atoms with E-state index >= 15 is 0 Å². The third-order valence-electron chi connectivity index (χ3n) is 3.86. The molecule has 0 saturated carbocycles. The van der Waals surface area contributed by atoms with Gasteiger partial charge in [-0.2, -0.15) is 0 Å². The maximum Gasteiger partial charge on any atom is 0.0345 e. The summed E-state index contributed by atoms with van der Waals surface area (Å²) >= 11 is 0. The first-order chi connectivity index (χ1) is 8.79. The summed E-state index contributed by atoms with van der Waals surface area (Å²) in [5.74, 6) is 0. The monoisotopic (exact) mass is 246 g/mol. The standard InChI is InChI=1S/C16H26N2/c1-3-4-5-14-12-16(7-6-13(14)2)18-15-8-10-17-11-9-15/h6-7,12,15,17-18H,3-5,8-11H2,1-2H3. The van der Waals surface area contributed by atoms with Gasteiger partial charge in [-0.15, -0.1) is 0 Å². The van der Waals surface area contributed by atoms with E-state index < -0.39 is 0 Å². The van der Waals surface area contributed by atoms with Crippen LogP contribution in [0.4, 0.5) is 5.69 Å². The molecule has 2 rings (SSSR count). The second kappa shape index (κ2) is 6.79. The molecule has 2 heteroatoms. The molecule has 1 aromatic rings. The molecule has 0 amide bonds. The Kier molecular flexibility index (Phi) is 5.06. The average molecular weight is 246 g/mol. The first kappa shape index (κ1) is 13.4. The minimum Gasteiger partial charge on any atom is -0.382 e. The number of rotatable bonds is 5. The van der Waals surface area contributed by atoms with Crippen LogP contribution in [0.3, 0.4) is 0 Å². The maximum atomic E-state index is 3.68. The fourth-order valence-corrected chi connectivity index (χ4v) is 2.60. The Hall–Kier alpha value is -1.02. The molecule has 0 unspecified atom stereocenters. The van der Waals surface area contributed by atoms with E-state index in [9.17, 15) is 0 Å². The number of aryl methyl sites for hydroxylation is 2. The molecule has 1 aliphatic heterocycles. The number of unbranched alkanes of at least 4 members (excludes halogenated alkanes) is 1. The molecule has 100 valence electrons. The van der Waals surface area contributed by atoms with Gasteiger partial charge in [0.25, 0.3) is 0 Å². The lowest BCUT2D eigenvalue weighted by molar-refractivity contribution is 0.479. The Morgan fingerprint density at radius 1 is 1.28 bits per heavy atom. The van der Waals surface area contributed by atoms with E-state index in [4.69, 9.17) is 0 Å². The van der Waals surface area contributed by atoms with Crippen LogP contribution in [0.5, 0.6) is 0 Å². The van der Waals surface area contributed by atoms with Crippen molar-refractivity contribution in [3.05, 3.63) is 29.3 Å². The first-order valence-electron chi connectivity index (χ1n) is 7.36. The van der Waals surface area contributed by atoms with E-state index in [2.05, 4.69) is 42.7 Å². The lowest BCUT2D eigenvalue weighted by Gasteiger charge is -2.25. The van der Waals surface area contributed by atoms with Gasteiger partial charge in [0, 0.05) is 11.7 Å². The fourth-order valence-electron chi connectivity index (χ4n) is 2.60. The summed E-state index contributed by atoms with van der Waals surface area (Å²) in [6.07, 6.45) is 6.24. The van der Waals surface area contributed by atoms with Gasteiger partial charge >= 0.3 is 0 Å². The molecule has 0 aromatic heterocycles. The zero-order valence-corrected chi connectivity index (χ0v) is 11.8. The molecule has 1 saturated heterocycles. The van der Waals surface area contributed by atoms with Gasteiger partial charge in [0.15, 0.2) is 0 Å². The van der Waals surface area contributed by atoms with Gasteiger partial charge < -0.3 is 10.6 Å². The summed E-state index contributed by atoms with van der Waals surface area (Å²) in [5, 5.41) is 7.09. The lowest BCUT2D eigenvalue weighted by Crippen LogP contribution is -2.35. The number of nitrogens with one attached hydrogen (secondary N) is 2. The van der Waals surface area contributed by atoms with Gasteiger partial charge in [-0.25, -0.2) is 0 Å². The smallest absolute Gasteiger partial charge is 0.0345 e. The van der Waals surface area contributed by atoms with Gasteiger partial charge in [-0.05, 0) is 69.0 Å². The molecule has 18 heavy (non-hydrogen) atoms. The highest BCUT2D eigenvalue weighted by atomic mass is 15.0. The average Bonchev–Trinajstić information content (AvgIpc) is 2.40. The number of anilines is 1. The van der Waals surface area contributed by atoms with E-state index in [0.717, 1.165) is 13.1 Å². The Labute approximate surface area is 111 Å². The molecule has 1 fully saturated rings. The normalized spacial score (nSPS) is 16.8. The van der Waals surface area contributed by atoms with Crippen LogP contribution in [0.15, 0.2) is 18.2 Å². The van der Waals surface area contributed by atoms with Crippen molar-refractivity contribution in [2.24, 2.45) is 0 Å². The summed E-state index contributed by atoms with van der Waals surface area (Å²) in [7, 11) is 0. The van der Waals surface area contributed by atoms with E-state index in [1.807, 2.05) is 0 Å². The fraction of sp³-hybridized carbons (Fsp3) is 0.625. The second-order valence-corrected chi connectivity index (χ2v) is 5.41. The van der Waals surface area contributed by atoms with Gasteiger partial charge in [-0.3, -0.25) is 0 Å². The minimum atomic E-state index is 0.646. The van der Waals surface area contributed by atoms with Crippen LogP contribution in [-0.4, -0.2) is 19.1 Å². The number of benzene rings is 1. The Morgan fingerprint density at radius 3 is 2.78 bits per heavy atom. The summed E-state index contributed by atoms with van der Waals surface area (Å²) in [4.78, 5) is 0. The highest BCUT2D eigenvalue weighted by molar-refractivity contribution is 5.49. The van der Waals surface area contributed by atoms with Crippen molar-refractivity contribution in [2.45, 2.75) is 52.0 Å². The Morgan fingerprint density at radius 2 is 2.06 bits per heavy atom. The van der Waals surface area contributed by atoms with E-state index in [0.29, 0.717) is 6.04 Å². The van der Waals surface area contributed by atoms with Crippen LogP contribution in [0.25, 0.3) is 0 Å². The molecular formula is C16H26N2. The summed E-state index contributed by atoms with van der Waals surface area (Å²) in [5.41, 5.74) is 4.24. The van der Waals surface area contributed by atoms with Crippen molar-refractivity contribution in [3.63, 3.8) is 0 Å². The van der Waals surface area contributed by atoms with E-state index in [1.165, 1.54) is 48.9 Å². The van der Waals surface area contributed by atoms with E-state index in [1.54, 1.807) is 0 Å².